The average molecular weight is 531 g/mol. The number of aliphatic hydroxyl groups excluding tert-OH is 2. The zero-order valence-electron chi connectivity index (χ0n) is 24.0. The summed E-state index contributed by atoms with van der Waals surface area (Å²) in [5.41, 5.74) is 0.664. The van der Waals surface area contributed by atoms with Gasteiger partial charge < -0.3 is 25.6 Å². The van der Waals surface area contributed by atoms with Crippen LogP contribution in [0.3, 0.4) is 0 Å². The molecular formula is C31H50N2O5. The molecule has 0 saturated heterocycles. The number of carbonyl (C=O) groups excluding carboxylic acids is 2. The monoisotopic (exact) mass is 530 g/mol. The summed E-state index contributed by atoms with van der Waals surface area (Å²) in [5, 5.41) is 27.4. The predicted molar refractivity (Wildman–Crippen MR) is 152 cm³/mol. The van der Waals surface area contributed by atoms with Gasteiger partial charge in [-0.1, -0.05) is 63.1 Å². The maximum atomic E-state index is 13.3. The molecule has 1 fully saturated rings. The third kappa shape index (κ3) is 11.6. The quantitative estimate of drug-likeness (QED) is 0.264. The molecule has 2 amide bonds. The van der Waals surface area contributed by atoms with Crippen LogP contribution in [-0.4, -0.2) is 52.1 Å². The second kappa shape index (κ2) is 15.3. The van der Waals surface area contributed by atoms with Gasteiger partial charge >= 0.3 is 6.09 Å². The van der Waals surface area contributed by atoms with Crippen LogP contribution >= 0.6 is 0 Å². The largest absolute Gasteiger partial charge is 0.444 e. The first-order valence-electron chi connectivity index (χ1n) is 14.2. The Morgan fingerprint density at radius 2 is 1.66 bits per heavy atom. The van der Waals surface area contributed by atoms with E-state index >= 15 is 0 Å². The number of benzene rings is 1. The lowest BCUT2D eigenvalue weighted by Gasteiger charge is -2.35. The first-order chi connectivity index (χ1) is 17.9. The Bertz CT molecular complexity index is 859. The van der Waals surface area contributed by atoms with Crippen LogP contribution in [0.1, 0.15) is 85.1 Å². The number of amides is 2. The van der Waals surface area contributed by atoms with E-state index in [0.717, 1.165) is 32.1 Å². The van der Waals surface area contributed by atoms with Crippen LogP contribution < -0.4 is 10.6 Å². The minimum Gasteiger partial charge on any atom is -0.444 e. The zero-order valence-corrected chi connectivity index (χ0v) is 24.0. The SMILES string of the molecule is C=CC[C@H](NC(=O)OC(C)(C)C)C(=O)N[C@@H](CC1CCC(Cc2ccccc2)CC1)[C@@H](O)[C@@H](O)CC(C)C. The Morgan fingerprint density at radius 1 is 1.05 bits per heavy atom. The van der Waals surface area contributed by atoms with Crippen LogP contribution in [-0.2, 0) is 16.0 Å². The first kappa shape index (κ1) is 31.8. The van der Waals surface area contributed by atoms with Crippen molar-refractivity contribution < 1.29 is 24.5 Å². The standard InChI is InChI=1S/C31H50N2O5/c1-7-11-25(33-30(37)38-31(4,5)6)29(36)32-26(28(35)27(34)18-21(2)3)20-24-16-14-23(15-17-24)19-22-12-9-8-10-13-22/h7-10,12-13,21,23-28,34-35H,1,11,14-20H2,2-6H3,(H,32,36)(H,33,37)/t23?,24?,25-,26-,27-,28+/m0/s1. The molecule has 0 aromatic heterocycles. The summed E-state index contributed by atoms with van der Waals surface area (Å²) in [6.07, 6.45) is 5.36. The molecule has 38 heavy (non-hydrogen) atoms. The molecular weight excluding hydrogens is 480 g/mol. The van der Waals surface area contributed by atoms with Gasteiger partial charge in [-0.05, 0) is 82.6 Å². The summed E-state index contributed by atoms with van der Waals surface area (Å²) in [7, 11) is 0. The molecule has 2 rings (SSSR count). The number of hydrogen-bond donors (Lipinski definition) is 4. The van der Waals surface area contributed by atoms with Gasteiger partial charge in [-0.3, -0.25) is 4.79 Å². The van der Waals surface area contributed by atoms with E-state index in [1.54, 1.807) is 26.8 Å². The molecule has 4 atom stereocenters. The minimum atomic E-state index is -1.10. The van der Waals surface area contributed by atoms with Crippen LogP contribution in [0.4, 0.5) is 4.79 Å². The molecule has 1 aliphatic carbocycles. The Hall–Kier alpha value is -2.38. The number of hydrogen-bond acceptors (Lipinski definition) is 5. The van der Waals surface area contributed by atoms with Gasteiger partial charge in [0.2, 0.25) is 5.91 Å². The van der Waals surface area contributed by atoms with Crippen LogP contribution in [0.15, 0.2) is 43.0 Å². The molecule has 7 heteroatoms. The van der Waals surface area contributed by atoms with Crippen molar-refractivity contribution in [1.82, 2.24) is 10.6 Å². The van der Waals surface area contributed by atoms with Gasteiger partial charge in [0, 0.05) is 0 Å². The maximum absolute atomic E-state index is 13.3. The fourth-order valence-corrected chi connectivity index (χ4v) is 5.28. The predicted octanol–water partition coefficient (Wildman–Crippen LogP) is 5.15. The lowest BCUT2D eigenvalue weighted by Crippen LogP contribution is -2.55. The zero-order chi connectivity index (χ0) is 28.3. The number of alkyl carbamates (subject to hydrolysis) is 1. The molecule has 214 valence electrons. The summed E-state index contributed by atoms with van der Waals surface area (Å²) in [6.45, 7) is 13.0. The number of rotatable bonds is 13. The highest BCUT2D eigenvalue weighted by molar-refractivity contribution is 5.86. The van der Waals surface area contributed by atoms with Gasteiger partial charge in [0.15, 0.2) is 0 Å². The van der Waals surface area contributed by atoms with E-state index in [2.05, 4.69) is 41.5 Å². The van der Waals surface area contributed by atoms with Crippen LogP contribution in [0.5, 0.6) is 0 Å². The highest BCUT2D eigenvalue weighted by atomic mass is 16.6. The topological polar surface area (TPSA) is 108 Å². The fourth-order valence-electron chi connectivity index (χ4n) is 5.28. The molecule has 0 radical (unpaired) electrons. The Balaban J connectivity index is 2.05. The molecule has 0 spiro atoms. The van der Waals surface area contributed by atoms with Gasteiger partial charge in [0.25, 0.3) is 0 Å². The van der Waals surface area contributed by atoms with Crippen LogP contribution in [0, 0.1) is 17.8 Å². The summed E-state index contributed by atoms with van der Waals surface area (Å²) >= 11 is 0. The maximum Gasteiger partial charge on any atom is 0.408 e. The van der Waals surface area contributed by atoms with E-state index in [4.69, 9.17) is 4.74 Å². The molecule has 7 nitrogen and oxygen atoms in total. The van der Waals surface area contributed by atoms with Crippen molar-refractivity contribution >= 4 is 12.0 Å². The third-order valence-electron chi connectivity index (χ3n) is 7.18. The smallest absolute Gasteiger partial charge is 0.408 e. The van der Waals surface area contributed by atoms with Crippen molar-refractivity contribution in [2.45, 2.75) is 116 Å². The summed E-state index contributed by atoms with van der Waals surface area (Å²) in [4.78, 5) is 25.6. The van der Waals surface area contributed by atoms with E-state index in [-0.39, 0.29) is 12.3 Å². The molecule has 1 aliphatic rings. The molecule has 0 heterocycles. The lowest BCUT2D eigenvalue weighted by atomic mass is 9.76. The van der Waals surface area contributed by atoms with E-state index < -0.39 is 41.9 Å². The highest BCUT2D eigenvalue weighted by Gasteiger charge is 2.34. The van der Waals surface area contributed by atoms with Crippen molar-refractivity contribution in [3.8, 4) is 0 Å². The Morgan fingerprint density at radius 3 is 2.21 bits per heavy atom. The van der Waals surface area contributed by atoms with Crippen LogP contribution in [0.2, 0.25) is 0 Å². The van der Waals surface area contributed by atoms with Gasteiger partial charge in [-0.2, -0.15) is 0 Å². The van der Waals surface area contributed by atoms with Crippen molar-refractivity contribution in [1.29, 1.82) is 0 Å². The van der Waals surface area contributed by atoms with Crippen molar-refractivity contribution in [3.05, 3.63) is 48.6 Å². The summed E-state index contributed by atoms with van der Waals surface area (Å²) < 4.78 is 5.32. The molecule has 1 aromatic rings. The number of carbonyl (C=O) groups is 2. The van der Waals surface area contributed by atoms with Gasteiger partial charge in [-0.15, -0.1) is 6.58 Å². The first-order valence-corrected chi connectivity index (χ1v) is 14.2. The van der Waals surface area contributed by atoms with Crippen LogP contribution in [0.25, 0.3) is 0 Å². The summed E-state index contributed by atoms with van der Waals surface area (Å²) in [5.74, 6) is 0.749. The van der Waals surface area contributed by atoms with Gasteiger partial charge in [-0.25, -0.2) is 4.79 Å². The van der Waals surface area contributed by atoms with Gasteiger partial charge in [0.05, 0.1) is 12.1 Å². The Kier molecular flexibility index (Phi) is 12.8. The summed E-state index contributed by atoms with van der Waals surface area (Å²) in [6, 6.07) is 9.03. The van der Waals surface area contributed by atoms with E-state index in [1.807, 2.05) is 19.9 Å². The highest BCUT2D eigenvalue weighted by Crippen LogP contribution is 2.34. The van der Waals surface area contributed by atoms with E-state index in [1.165, 1.54) is 5.56 Å². The third-order valence-corrected chi connectivity index (χ3v) is 7.18. The number of ether oxygens (including phenoxy) is 1. The van der Waals surface area contributed by atoms with Gasteiger partial charge in [0.1, 0.15) is 17.7 Å². The normalized spacial score (nSPS) is 21.2. The molecule has 1 aromatic carbocycles. The van der Waals surface area contributed by atoms with E-state index in [0.29, 0.717) is 24.7 Å². The number of aliphatic hydroxyl groups is 2. The minimum absolute atomic E-state index is 0.201. The van der Waals surface area contributed by atoms with E-state index in [9.17, 15) is 19.8 Å². The molecule has 0 aliphatic heterocycles. The second-order valence-electron chi connectivity index (χ2n) is 12.3. The fraction of sp³-hybridized carbons (Fsp3) is 0.677. The molecule has 4 N–H and O–H groups in total. The Labute approximate surface area is 229 Å². The second-order valence-corrected chi connectivity index (χ2v) is 12.3. The molecule has 1 saturated carbocycles. The average Bonchev–Trinajstić information content (AvgIpc) is 2.83. The molecule has 0 bridgehead atoms. The van der Waals surface area contributed by atoms with Crippen molar-refractivity contribution in [3.63, 3.8) is 0 Å². The lowest BCUT2D eigenvalue weighted by molar-refractivity contribution is -0.126. The number of nitrogens with one attached hydrogen (secondary N) is 2. The van der Waals surface area contributed by atoms with Crippen molar-refractivity contribution in [2.75, 3.05) is 0 Å². The molecule has 0 unspecified atom stereocenters. The van der Waals surface area contributed by atoms with Crippen molar-refractivity contribution in [2.24, 2.45) is 17.8 Å².